The predicted octanol–water partition coefficient (Wildman–Crippen LogP) is 5.10. The fourth-order valence-electron chi connectivity index (χ4n) is 6.15. The van der Waals surface area contributed by atoms with E-state index in [0.29, 0.717) is 17.2 Å². The van der Waals surface area contributed by atoms with Gasteiger partial charge >= 0.3 is 0 Å². The van der Waals surface area contributed by atoms with Crippen LogP contribution in [-0.2, 0) is 6.61 Å². The Balaban J connectivity index is 1.15. The second kappa shape index (κ2) is 11.9. The molecule has 0 bridgehead atoms. The number of hydrogen-bond donors (Lipinski definition) is 2. The highest BCUT2D eigenvalue weighted by atomic mass is 16.5. The fraction of sp³-hybridized carbons (Fsp3) is 0.406. The van der Waals surface area contributed by atoms with Crippen LogP contribution in [0.2, 0.25) is 0 Å². The molecule has 0 spiro atoms. The topological polar surface area (TPSA) is 122 Å². The van der Waals surface area contributed by atoms with Crippen molar-refractivity contribution >= 4 is 34.3 Å². The minimum atomic E-state index is -0.260. The van der Waals surface area contributed by atoms with E-state index in [2.05, 4.69) is 20.2 Å². The van der Waals surface area contributed by atoms with Crippen molar-refractivity contribution in [1.82, 2.24) is 19.5 Å². The first-order chi connectivity index (χ1) is 20.4. The van der Waals surface area contributed by atoms with Gasteiger partial charge in [-0.15, -0.1) is 0 Å². The standard InChI is InChI=1S/C32H36N6O4/c1-20-27-18-34-32(36-30(27)38(24-5-3-4-6-24)31(41)29(20)21(2)40)35-23-9-12-28(33-17-23)37-15-13-26(14-16-37)42-25-10-7-22(19-39)8-11-25/h7-12,17-18,24,26,39H,3-6,13-16,19H2,1-2H3,(H,34,35,36). The summed E-state index contributed by atoms with van der Waals surface area (Å²) in [5, 5.41) is 13.2. The molecule has 1 saturated heterocycles. The zero-order valence-electron chi connectivity index (χ0n) is 24.0. The van der Waals surface area contributed by atoms with Gasteiger partial charge in [0, 0.05) is 43.6 Å². The second-order valence-electron chi connectivity index (χ2n) is 11.2. The van der Waals surface area contributed by atoms with Crippen LogP contribution in [0.25, 0.3) is 11.0 Å². The Kier molecular flexibility index (Phi) is 7.88. The molecule has 0 amide bonds. The average molecular weight is 569 g/mol. The van der Waals surface area contributed by atoms with E-state index in [9.17, 15) is 14.7 Å². The maximum atomic E-state index is 13.5. The number of rotatable bonds is 8. The van der Waals surface area contributed by atoms with Crippen LogP contribution in [0.5, 0.6) is 5.75 Å². The van der Waals surface area contributed by atoms with Gasteiger partial charge in [-0.25, -0.2) is 9.97 Å². The zero-order valence-corrected chi connectivity index (χ0v) is 24.0. The molecule has 0 unspecified atom stereocenters. The smallest absolute Gasteiger partial charge is 0.263 e. The summed E-state index contributed by atoms with van der Waals surface area (Å²) in [6.07, 6.45) is 9.30. The molecule has 4 heterocycles. The van der Waals surface area contributed by atoms with Gasteiger partial charge in [0.15, 0.2) is 5.78 Å². The Hall–Kier alpha value is -4.31. The highest BCUT2D eigenvalue weighted by molar-refractivity contribution is 5.99. The molecule has 10 heteroatoms. The molecule has 218 valence electrons. The lowest BCUT2D eigenvalue weighted by atomic mass is 10.0. The number of ketones is 1. The molecule has 42 heavy (non-hydrogen) atoms. The molecule has 1 aliphatic carbocycles. The van der Waals surface area contributed by atoms with Crippen molar-refractivity contribution in [2.75, 3.05) is 23.3 Å². The number of aliphatic hydroxyl groups excluding tert-OH is 1. The van der Waals surface area contributed by atoms with E-state index in [0.717, 1.165) is 79.8 Å². The van der Waals surface area contributed by atoms with Crippen LogP contribution in [0.15, 0.2) is 53.6 Å². The highest BCUT2D eigenvalue weighted by Crippen LogP contribution is 2.32. The lowest BCUT2D eigenvalue weighted by molar-refractivity contribution is 0.101. The molecule has 10 nitrogen and oxygen atoms in total. The summed E-state index contributed by atoms with van der Waals surface area (Å²) in [5.41, 5.74) is 2.77. The number of piperidine rings is 1. The molecule has 1 aliphatic heterocycles. The third-order valence-electron chi connectivity index (χ3n) is 8.43. The molecule has 2 N–H and O–H groups in total. The molecule has 0 radical (unpaired) electrons. The number of Topliss-reactive ketones (excluding diaryl/α,β-unsaturated/α-hetero) is 1. The molecule has 4 aromatic rings. The van der Waals surface area contributed by atoms with Gasteiger partial charge in [0.25, 0.3) is 5.56 Å². The summed E-state index contributed by atoms with van der Waals surface area (Å²) < 4.78 is 7.86. The van der Waals surface area contributed by atoms with Gasteiger partial charge in [-0.3, -0.25) is 14.2 Å². The van der Waals surface area contributed by atoms with Crippen LogP contribution >= 0.6 is 0 Å². The largest absolute Gasteiger partial charge is 0.490 e. The van der Waals surface area contributed by atoms with Crippen molar-refractivity contribution in [1.29, 1.82) is 0 Å². The summed E-state index contributed by atoms with van der Waals surface area (Å²) in [7, 11) is 0. The number of pyridine rings is 2. The molecule has 6 rings (SSSR count). The van der Waals surface area contributed by atoms with E-state index in [1.807, 2.05) is 36.4 Å². The van der Waals surface area contributed by atoms with Crippen LogP contribution in [0.3, 0.4) is 0 Å². The number of fused-ring (bicyclic) bond motifs is 1. The monoisotopic (exact) mass is 568 g/mol. The first-order valence-electron chi connectivity index (χ1n) is 14.7. The molecule has 0 atom stereocenters. The molecule has 2 fully saturated rings. The van der Waals surface area contributed by atoms with Gasteiger partial charge in [0.1, 0.15) is 23.3 Å². The van der Waals surface area contributed by atoms with Gasteiger partial charge in [0.2, 0.25) is 5.95 Å². The lowest BCUT2D eigenvalue weighted by Crippen LogP contribution is -2.38. The van der Waals surface area contributed by atoms with Crippen LogP contribution in [-0.4, -0.2) is 49.6 Å². The summed E-state index contributed by atoms with van der Waals surface area (Å²) in [4.78, 5) is 42.0. The fourth-order valence-corrected chi connectivity index (χ4v) is 6.15. The minimum absolute atomic E-state index is 0.0284. The summed E-state index contributed by atoms with van der Waals surface area (Å²) in [5.74, 6) is 1.87. The van der Waals surface area contributed by atoms with E-state index >= 15 is 0 Å². The molecule has 1 saturated carbocycles. The van der Waals surface area contributed by atoms with Gasteiger partial charge < -0.3 is 20.1 Å². The number of carbonyl (C=O) groups excluding carboxylic acids is 1. The number of nitrogens with one attached hydrogen (secondary N) is 1. The maximum Gasteiger partial charge on any atom is 0.263 e. The van der Waals surface area contributed by atoms with E-state index < -0.39 is 0 Å². The van der Waals surface area contributed by atoms with E-state index in [1.165, 1.54) is 6.92 Å². The van der Waals surface area contributed by atoms with Gasteiger partial charge in [0.05, 0.1) is 24.1 Å². The quantitative estimate of drug-likeness (QED) is 0.280. The van der Waals surface area contributed by atoms with Crippen molar-refractivity contribution in [3.8, 4) is 5.75 Å². The zero-order chi connectivity index (χ0) is 29.2. The number of hydrogen-bond acceptors (Lipinski definition) is 9. The van der Waals surface area contributed by atoms with Crippen molar-refractivity contribution < 1.29 is 14.6 Å². The third-order valence-corrected chi connectivity index (χ3v) is 8.43. The Labute approximate surface area is 244 Å². The van der Waals surface area contributed by atoms with Crippen LogP contribution in [0.1, 0.15) is 73.0 Å². The molecule has 2 aliphatic rings. The van der Waals surface area contributed by atoms with Crippen molar-refractivity contribution in [3.63, 3.8) is 0 Å². The molecule has 3 aromatic heterocycles. The second-order valence-corrected chi connectivity index (χ2v) is 11.2. The van der Waals surface area contributed by atoms with Crippen LogP contribution in [0, 0.1) is 6.92 Å². The van der Waals surface area contributed by atoms with Crippen LogP contribution in [0.4, 0.5) is 17.5 Å². The van der Waals surface area contributed by atoms with E-state index in [4.69, 9.17) is 9.72 Å². The Morgan fingerprint density at radius 1 is 1.02 bits per heavy atom. The SMILES string of the molecule is CC(=O)c1c(C)c2cnc(Nc3ccc(N4CCC(Oc5ccc(CO)cc5)CC4)nc3)nc2n(C2CCCC2)c1=O. The van der Waals surface area contributed by atoms with Gasteiger partial charge in [-0.2, -0.15) is 4.98 Å². The van der Waals surface area contributed by atoms with E-state index in [-0.39, 0.29) is 35.7 Å². The third kappa shape index (κ3) is 5.59. The number of aryl methyl sites for hydroxylation is 1. The lowest BCUT2D eigenvalue weighted by Gasteiger charge is -2.33. The molecular weight excluding hydrogens is 532 g/mol. The first-order valence-corrected chi connectivity index (χ1v) is 14.7. The molecular formula is C32H36N6O4. The Bertz CT molecular complexity index is 1640. The molecule has 1 aromatic carbocycles. The van der Waals surface area contributed by atoms with Gasteiger partial charge in [-0.05, 0) is 62.1 Å². The van der Waals surface area contributed by atoms with Crippen molar-refractivity contribution in [3.05, 3.63) is 75.8 Å². The van der Waals surface area contributed by atoms with Crippen molar-refractivity contribution in [2.45, 2.75) is 71.1 Å². The normalized spacial score (nSPS) is 16.2. The summed E-state index contributed by atoms with van der Waals surface area (Å²) in [6, 6.07) is 11.5. The Morgan fingerprint density at radius 3 is 2.40 bits per heavy atom. The van der Waals surface area contributed by atoms with Gasteiger partial charge in [-0.1, -0.05) is 25.0 Å². The Morgan fingerprint density at radius 2 is 1.76 bits per heavy atom. The number of nitrogens with zero attached hydrogens (tertiary/aromatic N) is 5. The number of aliphatic hydroxyl groups is 1. The number of ether oxygens (including phenoxy) is 1. The maximum absolute atomic E-state index is 13.5. The average Bonchev–Trinajstić information content (AvgIpc) is 3.53. The summed E-state index contributed by atoms with van der Waals surface area (Å²) >= 11 is 0. The minimum Gasteiger partial charge on any atom is -0.490 e. The van der Waals surface area contributed by atoms with Crippen LogP contribution < -0.4 is 20.5 Å². The number of carbonyl (C=O) groups is 1. The summed E-state index contributed by atoms with van der Waals surface area (Å²) in [6.45, 7) is 4.95. The predicted molar refractivity (Wildman–Crippen MR) is 162 cm³/mol. The van der Waals surface area contributed by atoms with E-state index in [1.54, 1.807) is 23.9 Å². The number of anilines is 3. The highest BCUT2D eigenvalue weighted by Gasteiger charge is 2.26. The number of aromatic nitrogens is 4. The van der Waals surface area contributed by atoms with Crippen molar-refractivity contribution in [2.24, 2.45) is 0 Å². The first kappa shape index (κ1) is 27.8. The number of benzene rings is 1.